The Morgan fingerprint density at radius 3 is 2.25 bits per heavy atom. The fourth-order valence-corrected chi connectivity index (χ4v) is 8.79. The van der Waals surface area contributed by atoms with Gasteiger partial charge in [0, 0.05) is 99.9 Å². The number of aromatic hydroxyl groups is 1. The molecular weight excluding hydrogens is 698 g/mol. The number of fused-ring (bicyclic) bond motifs is 2. The predicted molar refractivity (Wildman–Crippen MR) is 209 cm³/mol. The van der Waals surface area contributed by atoms with Crippen LogP contribution in [0.25, 0.3) is 0 Å². The first-order valence-corrected chi connectivity index (χ1v) is 19.5. The first kappa shape index (κ1) is 36.6. The molecule has 11 heteroatoms. The topological polar surface area (TPSA) is 114 Å². The minimum atomic E-state index is -0.178. The maximum absolute atomic E-state index is 16.0. The zero-order valence-electron chi connectivity index (χ0n) is 31.0. The molecule has 2 atom stereocenters. The zero-order chi connectivity index (χ0) is 37.9. The molecule has 10 nitrogen and oxygen atoms in total. The van der Waals surface area contributed by atoms with E-state index in [9.17, 15) is 19.5 Å². The number of carbonyl (C=O) groups excluding carboxylic acids is 3. The van der Waals surface area contributed by atoms with Crippen LogP contribution in [0.15, 0.2) is 84.9 Å². The van der Waals surface area contributed by atoms with E-state index in [1.54, 1.807) is 18.2 Å². The Kier molecular flexibility index (Phi) is 10.7. The summed E-state index contributed by atoms with van der Waals surface area (Å²) in [4.78, 5) is 39.8. The molecule has 0 unspecified atom stereocenters. The lowest BCUT2D eigenvalue weighted by atomic mass is 9.76. The van der Waals surface area contributed by atoms with Crippen LogP contribution >= 0.6 is 0 Å². The van der Waals surface area contributed by atoms with Crippen LogP contribution in [0.4, 0.5) is 15.8 Å². The third-order valence-corrected chi connectivity index (χ3v) is 11.8. The van der Waals surface area contributed by atoms with Crippen LogP contribution in [0.2, 0.25) is 0 Å². The van der Waals surface area contributed by atoms with E-state index in [0.717, 1.165) is 86.5 Å². The Bertz CT molecular complexity index is 2030. The number of nitrogens with zero attached hydrogens (tertiary/aromatic N) is 3. The number of rotatable bonds is 6. The number of piperidine rings is 2. The minimum Gasteiger partial charge on any atom is -0.508 e. The molecule has 4 aromatic rings. The maximum Gasteiger partial charge on any atom is 0.251 e. The third-order valence-electron chi connectivity index (χ3n) is 11.8. The molecule has 286 valence electrons. The largest absolute Gasteiger partial charge is 0.508 e. The van der Waals surface area contributed by atoms with Crippen LogP contribution in [0.5, 0.6) is 11.5 Å². The van der Waals surface area contributed by atoms with Crippen molar-refractivity contribution < 1.29 is 28.6 Å². The van der Waals surface area contributed by atoms with E-state index in [2.05, 4.69) is 55.7 Å². The number of amides is 3. The third kappa shape index (κ3) is 8.17. The number of imide groups is 1. The number of nitrogens with one attached hydrogen (secondary N) is 2. The van der Waals surface area contributed by atoms with Crippen molar-refractivity contribution in [2.24, 2.45) is 5.92 Å². The van der Waals surface area contributed by atoms with E-state index in [-0.39, 0.29) is 41.1 Å². The molecule has 0 saturated carbocycles. The summed E-state index contributed by atoms with van der Waals surface area (Å²) in [5.74, 6) is 0.966. The average Bonchev–Trinajstić information content (AvgIpc) is 3.58. The highest BCUT2D eigenvalue weighted by Crippen LogP contribution is 2.47. The van der Waals surface area contributed by atoms with Crippen molar-refractivity contribution >= 4 is 29.1 Å². The highest BCUT2D eigenvalue weighted by Gasteiger charge is 2.35. The fraction of sp³-hybridized carbons (Fsp3) is 0.386. The van der Waals surface area contributed by atoms with Crippen LogP contribution in [0.3, 0.4) is 0 Å². The summed E-state index contributed by atoms with van der Waals surface area (Å²) < 4.78 is 22.1. The summed E-state index contributed by atoms with van der Waals surface area (Å²) in [6, 6.07) is 27.5. The van der Waals surface area contributed by atoms with E-state index >= 15 is 4.39 Å². The van der Waals surface area contributed by atoms with E-state index in [1.165, 1.54) is 5.69 Å². The standard InChI is InChI=1S/C39H41FN4O3.C5H7NO2/c40-35-21-28(38-33-10-8-31(45)22-37(33)47-25-34(38)27-4-2-1-3-5-27)6-11-36(35)44-14-12-26(13-15-44)24-42-16-18-43(19-17-42)30-7-9-32-29(20-30)23-41-39(32)46;7-4-2-1-3-5(8)6-4/h1-11,20-22,26,34,38,45H,12-19,23-25H2,(H,41,46);1-3H2,(H,6,7,8)/t34-,38-;/m1./s1. The van der Waals surface area contributed by atoms with Gasteiger partial charge in [-0.3, -0.25) is 24.6 Å². The van der Waals surface area contributed by atoms with Gasteiger partial charge in [-0.2, -0.15) is 0 Å². The number of halogens is 1. The second kappa shape index (κ2) is 16.1. The van der Waals surface area contributed by atoms with Crippen LogP contribution in [0, 0.1) is 11.7 Å². The monoisotopic (exact) mass is 745 g/mol. The lowest BCUT2D eigenvalue weighted by molar-refractivity contribution is -0.132. The van der Waals surface area contributed by atoms with E-state index in [0.29, 0.717) is 49.8 Å². The van der Waals surface area contributed by atoms with Gasteiger partial charge in [0.15, 0.2) is 0 Å². The summed E-state index contributed by atoms with van der Waals surface area (Å²) in [6.07, 6.45) is 3.84. The molecule has 3 amide bonds. The molecule has 0 spiro atoms. The first-order chi connectivity index (χ1) is 26.8. The number of ether oxygens (including phenoxy) is 1. The van der Waals surface area contributed by atoms with E-state index < -0.39 is 0 Å². The maximum atomic E-state index is 16.0. The first-order valence-electron chi connectivity index (χ1n) is 19.5. The molecule has 0 bridgehead atoms. The van der Waals surface area contributed by atoms with Crippen molar-refractivity contribution in [2.45, 2.75) is 50.5 Å². The molecule has 0 radical (unpaired) electrons. The summed E-state index contributed by atoms with van der Waals surface area (Å²) in [5, 5.41) is 15.2. The second-order valence-electron chi connectivity index (χ2n) is 15.3. The molecule has 3 saturated heterocycles. The van der Waals surface area contributed by atoms with E-state index in [1.807, 2.05) is 36.4 Å². The molecule has 55 heavy (non-hydrogen) atoms. The number of phenols is 1. The number of benzene rings is 4. The minimum absolute atomic E-state index is 0.0304. The predicted octanol–water partition coefficient (Wildman–Crippen LogP) is 5.93. The summed E-state index contributed by atoms with van der Waals surface area (Å²) in [7, 11) is 0. The summed E-state index contributed by atoms with van der Waals surface area (Å²) >= 11 is 0. The number of hydrogen-bond acceptors (Lipinski definition) is 8. The quantitative estimate of drug-likeness (QED) is 0.208. The lowest BCUT2D eigenvalue weighted by Gasteiger charge is -2.40. The molecular formula is C44H48FN5O5. The van der Waals surface area contributed by atoms with Gasteiger partial charge in [0.05, 0.1) is 12.3 Å². The Morgan fingerprint density at radius 1 is 0.782 bits per heavy atom. The second-order valence-corrected chi connectivity index (χ2v) is 15.3. The smallest absolute Gasteiger partial charge is 0.251 e. The Hall–Kier alpha value is -5.42. The van der Waals surface area contributed by atoms with Gasteiger partial charge in [-0.15, -0.1) is 0 Å². The van der Waals surface area contributed by atoms with Crippen molar-refractivity contribution in [3.8, 4) is 11.5 Å². The van der Waals surface area contributed by atoms with Gasteiger partial charge < -0.3 is 25.0 Å². The van der Waals surface area contributed by atoms with Crippen molar-refractivity contribution in [3.63, 3.8) is 0 Å². The summed E-state index contributed by atoms with van der Waals surface area (Å²) in [6.45, 7) is 7.92. The van der Waals surface area contributed by atoms with Crippen molar-refractivity contribution in [1.29, 1.82) is 0 Å². The molecule has 3 fully saturated rings. The van der Waals surface area contributed by atoms with Gasteiger partial charge in [0.25, 0.3) is 5.91 Å². The molecule has 0 aromatic heterocycles. The Balaban J connectivity index is 0.000000477. The highest BCUT2D eigenvalue weighted by molar-refractivity contribution is 5.99. The molecule has 9 rings (SSSR count). The van der Waals surface area contributed by atoms with Crippen LogP contribution in [-0.4, -0.2) is 80.1 Å². The number of anilines is 2. The SMILES string of the molecule is O=C1CCCC(=O)N1.O=C1NCc2cc(N3CCN(CC4CCN(c5ccc([C@@H]6c7ccc(O)cc7OC[C@@H]6c6ccccc6)cc5F)CC4)CC3)ccc21. The Morgan fingerprint density at radius 2 is 1.55 bits per heavy atom. The fourth-order valence-electron chi connectivity index (χ4n) is 8.79. The van der Waals surface area contributed by atoms with Gasteiger partial charge in [-0.05, 0) is 78.3 Å². The van der Waals surface area contributed by atoms with Crippen LogP contribution < -0.4 is 25.2 Å². The zero-order valence-corrected chi connectivity index (χ0v) is 31.0. The number of piperazine rings is 1. The number of phenolic OH excluding ortho intramolecular Hbond substituents is 1. The normalized spacial score (nSPS) is 21.4. The number of hydrogen-bond donors (Lipinski definition) is 3. The summed E-state index contributed by atoms with van der Waals surface area (Å²) in [5.41, 5.74) is 6.84. The van der Waals surface area contributed by atoms with E-state index in [4.69, 9.17) is 4.74 Å². The van der Waals surface area contributed by atoms with Gasteiger partial charge in [-0.1, -0.05) is 42.5 Å². The van der Waals surface area contributed by atoms with Crippen molar-refractivity contribution in [3.05, 3.63) is 119 Å². The molecule has 5 heterocycles. The molecule has 5 aliphatic heterocycles. The van der Waals surface area contributed by atoms with Gasteiger partial charge in [0.2, 0.25) is 11.8 Å². The Labute approximate surface area is 321 Å². The molecule has 4 aromatic carbocycles. The molecule has 3 N–H and O–H groups in total. The van der Waals surface area contributed by atoms with Gasteiger partial charge in [-0.25, -0.2) is 4.39 Å². The van der Waals surface area contributed by atoms with Gasteiger partial charge in [0.1, 0.15) is 17.3 Å². The van der Waals surface area contributed by atoms with Crippen molar-refractivity contribution in [1.82, 2.24) is 15.5 Å². The molecule has 5 aliphatic rings. The van der Waals surface area contributed by atoms with Crippen LogP contribution in [-0.2, 0) is 16.1 Å². The lowest BCUT2D eigenvalue weighted by Crippen LogP contribution is -2.49. The van der Waals surface area contributed by atoms with Crippen LogP contribution in [0.1, 0.15) is 76.6 Å². The highest BCUT2D eigenvalue weighted by atomic mass is 19.1. The number of carbonyl (C=O) groups is 3. The average molecular weight is 746 g/mol. The van der Waals surface area contributed by atoms with Crippen molar-refractivity contribution in [2.75, 3.05) is 62.2 Å². The molecule has 0 aliphatic carbocycles. The van der Waals surface area contributed by atoms with Gasteiger partial charge >= 0.3 is 0 Å².